The lowest BCUT2D eigenvalue weighted by atomic mass is 10.1. The number of carboxylic acid groups (broad SMARTS) is 1. The van der Waals surface area contributed by atoms with Gasteiger partial charge in [0.25, 0.3) is 0 Å². The molecule has 2 N–H and O–H groups in total. The summed E-state index contributed by atoms with van der Waals surface area (Å²) in [5.41, 5.74) is 1.02. The van der Waals surface area contributed by atoms with Crippen LogP contribution in [0.15, 0.2) is 6.20 Å². The highest BCUT2D eigenvalue weighted by Gasteiger charge is 2.19. The van der Waals surface area contributed by atoms with Crippen LogP contribution in [-0.4, -0.2) is 52.4 Å². The Morgan fingerprint density at radius 3 is 3.00 bits per heavy atom. The fourth-order valence-electron chi connectivity index (χ4n) is 2.44. The van der Waals surface area contributed by atoms with Crippen LogP contribution >= 0.6 is 0 Å². The fourth-order valence-corrected chi connectivity index (χ4v) is 2.44. The molecule has 1 saturated heterocycles. The number of carbonyl (C=O) groups is 1. The number of carboxylic acids is 1. The lowest BCUT2D eigenvalue weighted by Gasteiger charge is -2.12. The lowest BCUT2D eigenvalue weighted by Crippen LogP contribution is -2.26. The van der Waals surface area contributed by atoms with Crippen molar-refractivity contribution in [3.05, 3.63) is 17.5 Å². The highest BCUT2D eigenvalue weighted by Crippen LogP contribution is 2.13. The van der Waals surface area contributed by atoms with Crippen molar-refractivity contribution in [3.8, 4) is 0 Å². The van der Waals surface area contributed by atoms with Gasteiger partial charge in [-0.15, -0.1) is 0 Å². The summed E-state index contributed by atoms with van der Waals surface area (Å²) in [4.78, 5) is 13.3. The average molecular weight is 252 g/mol. The number of nitrogens with one attached hydrogen (secondary N) is 1. The second kappa shape index (κ2) is 5.49. The maximum Gasteiger partial charge on any atom is 0.339 e. The van der Waals surface area contributed by atoms with E-state index < -0.39 is 5.97 Å². The Labute approximate surface area is 107 Å². The Hall–Kier alpha value is -1.40. The van der Waals surface area contributed by atoms with Crippen molar-refractivity contribution in [1.82, 2.24) is 20.0 Å². The summed E-state index contributed by atoms with van der Waals surface area (Å²) in [6.45, 7) is 3.75. The van der Waals surface area contributed by atoms with Crippen molar-refractivity contribution >= 4 is 5.97 Å². The Morgan fingerprint density at radius 1 is 1.61 bits per heavy atom. The molecule has 1 unspecified atom stereocenters. The largest absolute Gasteiger partial charge is 0.478 e. The van der Waals surface area contributed by atoms with Crippen LogP contribution in [0.3, 0.4) is 0 Å². The van der Waals surface area contributed by atoms with E-state index in [-0.39, 0.29) is 5.56 Å². The van der Waals surface area contributed by atoms with Crippen molar-refractivity contribution < 1.29 is 9.90 Å². The zero-order chi connectivity index (χ0) is 13.1. The van der Waals surface area contributed by atoms with Gasteiger partial charge in [0.2, 0.25) is 0 Å². The van der Waals surface area contributed by atoms with Gasteiger partial charge in [0.1, 0.15) is 5.56 Å². The van der Waals surface area contributed by atoms with E-state index in [9.17, 15) is 4.79 Å². The molecule has 1 atom stereocenters. The van der Waals surface area contributed by atoms with E-state index in [1.54, 1.807) is 11.7 Å². The van der Waals surface area contributed by atoms with Gasteiger partial charge in [-0.1, -0.05) is 0 Å². The standard InChI is InChI=1S/C12H20N4O2/c1-15-4-3-9(8-15)5-13-7-11-10(12(17)18)6-14-16(11)2/h6,9,13H,3-5,7-8H2,1-2H3,(H,17,18). The predicted molar refractivity (Wildman–Crippen MR) is 67.5 cm³/mol. The summed E-state index contributed by atoms with van der Waals surface area (Å²) in [5, 5.41) is 16.4. The Bertz CT molecular complexity index is 430. The van der Waals surface area contributed by atoms with E-state index in [0.717, 1.165) is 25.3 Å². The highest BCUT2D eigenvalue weighted by molar-refractivity contribution is 5.88. The smallest absolute Gasteiger partial charge is 0.339 e. The molecule has 0 bridgehead atoms. The molecule has 1 fully saturated rings. The molecule has 0 spiro atoms. The third-order valence-electron chi connectivity index (χ3n) is 3.51. The molecule has 0 saturated carbocycles. The van der Waals surface area contributed by atoms with Crippen molar-refractivity contribution in [2.75, 3.05) is 26.7 Å². The Kier molecular flexibility index (Phi) is 3.98. The molecule has 2 rings (SSSR count). The zero-order valence-electron chi connectivity index (χ0n) is 10.9. The Morgan fingerprint density at radius 2 is 2.39 bits per heavy atom. The summed E-state index contributed by atoms with van der Waals surface area (Å²) >= 11 is 0. The van der Waals surface area contributed by atoms with Gasteiger partial charge >= 0.3 is 5.97 Å². The molecule has 0 amide bonds. The van der Waals surface area contributed by atoms with Gasteiger partial charge in [-0.2, -0.15) is 5.10 Å². The number of aromatic nitrogens is 2. The summed E-state index contributed by atoms with van der Waals surface area (Å²) in [7, 11) is 3.90. The minimum atomic E-state index is -0.916. The zero-order valence-corrected chi connectivity index (χ0v) is 10.9. The van der Waals surface area contributed by atoms with Gasteiger partial charge in [-0.3, -0.25) is 4.68 Å². The van der Waals surface area contributed by atoms with Crippen LogP contribution in [0.5, 0.6) is 0 Å². The molecule has 6 nitrogen and oxygen atoms in total. The summed E-state index contributed by atoms with van der Waals surface area (Å²) < 4.78 is 1.62. The van der Waals surface area contributed by atoms with Gasteiger partial charge in [-0.25, -0.2) is 4.79 Å². The number of aryl methyl sites for hydroxylation is 1. The summed E-state index contributed by atoms with van der Waals surface area (Å²) in [5.74, 6) is -0.253. The number of hydrogen-bond acceptors (Lipinski definition) is 4. The maximum atomic E-state index is 11.0. The molecular weight excluding hydrogens is 232 g/mol. The van der Waals surface area contributed by atoms with E-state index >= 15 is 0 Å². The SMILES string of the molecule is CN1CCC(CNCc2c(C(=O)O)cnn2C)C1. The first-order chi connectivity index (χ1) is 8.58. The summed E-state index contributed by atoms with van der Waals surface area (Å²) in [6, 6.07) is 0. The van der Waals surface area contributed by atoms with Crippen LogP contribution < -0.4 is 5.32 Å². The van der Waals surface area contributed by atoms with Crippen molar-refractivity contribution in [2.24, 2.45) is 13.0 Å². The lowest BCUT2D eigenvalue weighted by molar-refractivity contribution is 0.0695. The van der Waals surface area contributed by atoms with Gasteiger partial charge in [0, 0.05) is 20.1 Å². The van der Waals surface area contributed by atoms with Gasteiger partial charge in [0.15, 0.2) is 0 Å². The first kappa shape index (κ1) is 13.0. The number of nitrogens with zero attached hydrogens (tertiary/aromatic N) is 3. The second-order valence-corrected chi connectivity index (χ2v) is 4.98. The van der Waals surface area contributed by atoms with Crippen LogP contribution in [0, 0.1) is 5.92 Å². The number of aromatic carboxylic acids is 1. The third-order valence-corrected chi connectivity index (χ3v) is 3.51. The first-order valence-corrected chi connectivity index (χ1v) is 6.21. The van der Waals surface area contributed by atoms with Crippen molar-refractivity contribution in [1.29, 1.82) is 0 Å². The molecule has 1 aliphatic heterocycles. The van der Waals surface area contributed by atoms with Crippen LogP contribution in [0.2, 0.25) is 0 Å². The van der Waals surface area contributed by atoms with Crippen LogP contribution in [0.4, 0.5) is 0 Å². The first-order valence-electron chi connectivity index (χ1n) is 6.21. The quantitative estimate of drug-likeness (QED) is 0.781. The van der Waals surface area contributed by atoms with Crippen molar-refractivity contribution in [3.63, 3.8) is 0 Å². The molecule has 0 radical (unpaired) electrons. The fraction of sp³-hybridized carbons (Fsp3) is 0.667. The minimum Gasteiger partial charge on any atom is -0.478 e. The van der Waals surface area contributed by atoms with Gasteiger partial charge in [0.05, 0.1) is 11.9 Å². The average Bonchev–Trinajstić information content (AvgIpc) is 2.87. The molecule has 6 heteroatoms. The van der Waals surface area contributed by atoms with Crippen LogP contribution in [0.1, 0.15) is 22.5 Å². The van der Waals surface area contributed by atoms with E-state index in [1.807, 2.05) is 0 Å². The van der Waals surface area contributed by atoms with E-state index in [4.69, 9.17) is 5.11 Å². The van der Waals surface area contributed by atoms with Crippen molar-refractivity contribution in [2.45, 2.75) is 13.0 Å². The Balaban J connectivity index is 1.86. The minimum absolute atomic E-state index is 0.286. The monoisotopic (exact) mass is 252 g/mol. The molecule has 1 aromatic heterocycles. The normalized spacial score (nSPS) is 20.4. The van der Waals surface area contributed by atoms with E-state index in [1.165, 1.54) is 12.6 Å². The molecule has 0 aromatic carbocycles. The van der Waals surface area contributed by atoms with E-state index in [2.05, 4.69) is 22.4 Å². The third kappa shape index (κ3) is 2.88. The molecular formula is C12H20N4O2. The maximum absolute atomic E-state index is 11.0. The van der Waals surface area contributed by atoms with Crippen LogP contribution in [-0.2, 0) is 13.6 Å². The van der Waals surface area contributed by atoms with E-state index in [0.29, 0.717) is 12.5 Å². The second-order valence-electron chi connectivity index (χ2n) is 4.98. The van der Waals surface area contributed by atoms with Crippen LogP contribution in [0.25, 0.3) is 0 Å². The highest BCUT2D eigenvalue weighted by atomic mass is 16.4. The van der Waals surface area contributed by atoms with Gasteiger partial charge in [-0.05, 0) is 32.5 Å². The van der Waals surface area contributed by atoms with Gasteiger partial charge < -0.3 is 15.3 Å². The molecule has 18 heavy (non-hydrogen) atoms. The number of rotatable bonds is 5. The predicted octanol–water partition coefficient (Wildman–Crippen LogP) is 0.160. The molecule has 0 aliphatic carbocycles. The topological polar surface area (TPSA) is 70.4 Å². The molecule has 1 aliphatic rings. The molecule has 2 heterocycles. The summed E-state index contributed by atoms with van der Waals surface area (Å²) in [6.07, 6.45) is 2.61. The molecule has 1 aromatic rings. The number of likely N-dealkylation sites (tertiary alicyclic amines) is 1. The molecule has 100 valence electrons. The number of hydrogen-bond donors (Lipinski definition) is 2.